The van der Waals surface area contributed by atoms with Gasteiger partial charge >= 0.3 is 6.09 Å². The van der Waals surface area contributed by atoms with Crippen molar-refractivity contribution < 1.29 is 24.3 Å². The van der Waals surface area contributed by atoms with Gasteiger partial charge in [0.15, 0.2) is 11.5 Å². The summed E-state index contributed by atoms with van der Waals surface area (Å²) in [6, 6.07) is 19.8. The number of aromatic nitrogens is 2. The second-order valence-electron chi connectivity index (χ2n) is 6.47. The average Bonchev–Trinajstić information content (AvgIpc) is 3.18. The first-order valence-electron chi connectivity index (χ1n) is 9.17. The summed E-state index contributed by atoms with van der Waals surface area (Å²) in [4.78, 5) is 48.7. The van der Waals surface area contributed by atoms with E-state index in [1.54, 1.807) is 54.6 Å². The number of anilines is 1. The number of hydrogen-bond acceptors (Lipinski definition) is 5. The molecule has 31 heavy (non-hydrogen) atoms. The number of benzene rings is 3. The van der Waals surface area contributed by atoms with Crippen LogP contribution in [0.3, 0.4) is 0 Å². The molecule has 1 heterocycles. The predicted molar refractivity (Wildman–Crippen MR) is 112 cm³/mol. The van der Waals surface area contributed by atoms with Crippen molar-refractivity contribution in [2.45, 2.75) is 0 Å². The minimum absolute atomic E-state index is 0.0462. The molecule has 0 aliphatic heterocycles. The Hall–Kier alpha value is -4.66. The minimum Gasteiger partial charge on any atom is -0.465 e. The molecule has 0 radical (unpaired) electrons. The van der Waals surface area contributed by atoms with Gasteiger partial charge in [-0.1, -0.05) is 36.4 Å². The molecule has 0 spiro atoms. The molecule has 9 nitrogen and oxygen atoms in total. The summed E-state index contributed by atoms with van der Waals surface area (Å²) >= 11 is 0. The first-order chi connectivity index (χ1) is 15.0. The molecular formula is C22H16N4O5. The highest BCUT2D eigenvalue weighted by molar-refractivity contribution is 6.16. The van der Waals surface area contributed by atoms with Crippen molar-refractivity contribution in [3.63, 3.8) is 0 Å². The summed E-state index contributed by atoms with van der Waals surface area (Å²) in [5.74, 6) is -0.455. The van der Waals surface area contributed by atoms with Crippen LogP contribution in [0.5, 0.6) is 5.75 Å². The molecule has 2 amide bonds. The Morgan fingerprint density at radius 3 is 2.35 bits per heavy atom. The number of amides is 2. The Morgan fingerprint density at radius 1 is 0.903 bits per heavy atom. The van der Waals surface area contributed by atoms with E-state index in [1.807, 2.05) is 6.07 Å². The third kappa shape index (κ3) is 4.35. The zero-order chi connectivity index (χ0) is 21.8. The van der Waals surface area contributed by atoms with Crippen LogP contribution in [0.15, 0.2) is 72.8 Å². The molecule has 0 aliphatic carbocycles. The lowest BCUT2D eigenvalue weighted by Crippen LogP contribution is -2.28. The van der Waals surface area contributed by atoms with Gasteiger partial charge in [0, 0.05) is 11.1 Å². The van der Waals surface area contributed by atoms with Gasteiger partial charge in [-0.25, -0.2) is 9.78 Å². The quantitative estimate of drug-likeness (QED) is 0.280. The topological polar surface area (TPSA) is 133 Å². The van der Waals surface area contributed by atoms with Crippen molar-refractivity contribution in [1.82, 2.24) is 15.4 Å². The zero-order valence-electron chi connectivity index (χ0n) is 16.0. The maximum absolute atomic E-state index is 13.1. The van der Waals surface area contributed by atoms with E-state index in [1.165, 1.54) is 12.1 Å². The number of fused-ring (bicyclic) bond motifs is 1. The minimum atomic E-state index is -1.26. The van der Waals surface area contributed by atoms with Crippen LogP contribution in [-0.4, -0.2) is 32.9 Å². The number of carboxylic acid groups (broad SMARTS) is 1. The fraction of sp³-hybridized carbons (Fsp3) is 0. The Kier molecular flexibility index (Phi) is 5.31. The fourth-order valence-electron chi connectivity index (χ4n) is 2.99. The largest absolute Gasteiger partial charge is 0.465 e. The van der Waals surface area contributed by atoms with Gasteiger partial charge in [0.1, 0.15) is 0 Å². The van der Waals surface area contributed by atoms with Crippen molar-refractivity contribution in [1.29, 1.82) is 0 Å². The van der Waals surface area contributed by atoms with E-state index in [4.69, 9.17) is 9.94 Å². The lowest BCUT2D eigenvalue weighted by Gasteiger charge is -2.10. The van der Waals surface area contributed by atoms with E-state index in [0.717, 1.165) is 0 Å². The first-order valence-corrected chi connectivity index (χ1v) is 9.17. The summed E-state index contributed by atoms with van der Waals surface area (Å²) in [5.41, 5.74) is 3.94. The number of ketones is 1. The maximum Gasteiger partial charge on any atom is 0.411 e. The van der Waals surface area contributed by atoms with Crippen molar-refractivity contribution in [2.24, 2.45) is 0 Å². The molecule has 0 atom stereocenters. The van der Waals surface area contributed by atoms with E-state index in [-0.39, 0.29) is 22.9 Å². The molecular weight excluding hydrogens is 400 g/mol. The monoisotopic (exact) mass is 416 g/mol. The average molecular weight is 416 g/mol. The number of hydroxylamine groups is 1. The van der Waals surface area contributed by atoms with E-state index >= 15 is 0 Å². The van der Waals surface area contributed by atoms with Crippen LogP contribution in [0.1, 0.15) is 26.3 Å². The van der Waals surface area contributed by atoms with E-state index in [2.05, 4.69) is 20.8 Å². The molecule has 9 heteroatoms. The van der Waals surface area contributed by atoms with Crippen LogP contribution in [0.4, 0.5) is 10.7 Å². The van der Waals surface area contributed by atoms with Crippen LogP contribution in [-0.2, 0) is 0 Å². The number of nitrogens with zero attached hydrogens (tertiary/aromatic N) is 1. The number of rotatable bonds is 6. The molecule has 0 saturated heterocycles. The SMILES string of the molecule is O=C(O)Nc1nc2cc(C(=O)c3ccccc3C(=O)NOc3ccccc3)ccc2[nH]1. The van der Waals surface area contributed by atoms with Crippen LogP contribution in [0, 0.1) is 0 Å². The molecule has 3 aromatic carbocycles. The Bertz CT molecular complexity index is 1280. The summed E-state index contributed by atoms with van der Waals surface area (Å²) in [6.07, 6.45) is -1.26. The summed E-state index contributed by atoms with van der Waals surface area (Å²) < 4.78 is 0. The van der Waals surface area contributed by atoms with Crippen LogP contribution in [0.2, 0.25) is 0 Å². The number of H-pyrrole nitrogens is 1. The van der Waals surface area contributed by atoms with Crippen LogP contribution < -0.4 is 15.6 Å². The summed E-state index contributed by atoms with van der Waals surface area (Å²) in [7, 11) is 0. The third-order valence-corrected chi connectivity index (χ3v) is 4.39. The van der Waals surface area contributed by atoms with Gasteiger partial charge in [-0.3, -0.25) is 14.9 Å². The fourth-order valence-corrected chi connectivity index (χ4v) is 2.99. The molecule has 0 unspecified atom stereocenters. The molecule has 154 valence electrons. The number of aromatic amines is 1. The Balaban J connectivity index is 1.58. The number of carbonyl (C=O) groups is 3. The van der Waals surface area contributed by atoms with Gasteiger partial charge in [0.05, 0.1) is 16.6 Å². The number of nitrogens with one attached hydrogen (secondary N) is 3. The van der Waals surface area contributed by atoms with Gasteiger partial charge in [-0.05, 0) is 36.4 Å². The second kappa shape index (κ2) is 8.37. The van der Waals surface area contributed by atoms with Gasteiger partial charge < -0.3 is 14.9 Å². The highest BCUT2D eigenvalue weighted by atomic mass is 16.7. The van der Waals surface area contributed by atoms with Crippen molar-refractivity contribution in [3.05, 3.63) is 89.5 Å². The molecule has 0 aliphatic rings. The smallest absolute Gasteiger partial charge is 0.411 e. The van der Waals surface area contributed by atoms with E-state index in [0.29, 0.717) is 22.3 Å². The van der Waals surface area contributed by atoms with Crippen LogP contribution >= 0.6 is 0 Å². The van der Waals surface area contributed by atoms with Crippen molar-refractivity contribution >= 4 is 34.8 Å². The number of hydrogen-bond donors (Lipinski definition) is 4. The molecule has 4 N–H and O–H groups in total. The first kappa shape index (κ1) is 19.6. The normalized spacial score (nSPS) is 10.5. The molecule has 4 aromatic rings. The standard InChI is InChI=1S/C22H16N4O5/c27-19(13-10-11-17-18(12-13)24-21(23-17)25-22(29)30)15-8-4-5-9-16(15)20(28)26-31-14-6-2-1-3-7-14/h1-12H,(H,26,28)(H,29,30)(H2,23,24,25). The molecule has 0 saturated carbocycles. The highest BCUT2D eigenvalue weighted by Gasteiger charge is 2.19. The van der Waals surface area contributed by atoms with Crippen molar-refractivity contribution in [2.75, 3.05) is 5.32 Å². The van der Waals surface area contributed by atoms with Gasteiger partial charge in [-0.2, -0.15) is 5.48 Å². The third-order valence-electron chi connectivity index (χ3n) is 4.39. The van der Waals surface area contributed by atoms with E-state index in [9.17, 15) is 14.4 Å². The predicted octanol–water partition coefficient (Wildman–Crippen LogP) is 3.61. The molecule has 0 bridgehead atoms. The molecule has 0 fully saturated rings. The van der Waals surface area contributed by atoms with Crippen LogP contribution in [0.25, 0.3) is 11.0 Å². The Morgan fingerprint density at radius 2 is 1.61 bits per heavy atom. The molecule has 1 aromatic heterocycles. The highest BCUT2D eigenvalue weighted by Crippen LogP contribution is 2.20. The number of carbonyl (C=O) groups excluding carboxylic acids is 2. The lowest BCUT2D eigenvalue weighted by molar-refractivity contribution is 0.0756. The van der Waals surface area contributed by atoms with Gasteiger partial charge in [0.2, 0.25) is 5.95 Å². The number of para-hydroxylation sites is 1. The van der Waals surface area contributed by atoms with E-state index < -0.39 is 12.0 Å². The number of imidazole rings is 1. The summed E-state index contributed by atoms with van der Waals surface area (Å²) in [6.45, 7) is 0. The molecule has 4 rings (SSSR count). The lowest BCUT2D eigenvalue weighted by atomic mass is 9.98. The summed E-state index contributed by atoms with van der Waals surface area (Å²) in [5, 5.41) is 10.9. The Labute approximate surface area is 175 Å². The maximum atomic E-state index is 13.1. The van der Waals surface area contributed by atoms with Gasteiger partial charge in [-0.15, -0.1) is 0 Å². The second-order valence-corrected chi connectivity index (χ2v) is 6.47. The van der Waals surface area contributed by atoms with Gasteiger partial charge in [0.25, 0.3) is 5.91 Å². The zero-order valence-corrected chi connectivity index (χ0v) is 16.0. The van der Waals surface area contributed by atoms with Crippen molar-refractivity contribution in [3.8, 4) is 5.75 Å².